The molecule has 3 N–H and O–H groups in total. The van der Waals surface area contributed by atoms with Crippen molar-refractivity contribution in [1.29, 1.82) is 0 Å². The van der Waals surface area contributed by atoms with E-state index in [4.69, 9.17) is 23.4 Å². The Morgan fingerprint density at radius 2 is 1.94 bits per heavy atom. The van der Waals surface area contributed by atoms with E-state index < -0.39 is 41.4 Å². The molecule has 2 aromatic rings. The number of amidine groups is 1. The highest BCUT2D eigenvalue weighted by Gasteiger charge is 2.45. The van der Waals surface area contributed by atoms with E-state index in [1.807, 2.05) is 29.6 Å². The molecule has 5 heterocycles. The molecule has 5 rings (SSSR count). The summed E-state index contributed by atoms with van der Waals surface area (Å²) in [6.07, 6.45) is 0.985. The van der Waals surface area contributed by atoms with Crippen LogP contribution in [-0.4, -0.2) is 71.8 Å². The van der Waals surface area contributed by atoms with Gasteiger partial charge in [0.05, 0.1) is 38.4 Å². The smallest absolute Gasteiger partial charge is 0.297 e. The van der Waals surface area contributed by atoms with E-state index in [1.165, 1.54) is 6.33 Å². The van der Waals surface area contributed by atoms with Gasteiger partial charge in [0.25, 0.3) is 11.6 Å². The molecule has 4 atom stereocenters. The minimum Gasteiger partial charge on any atom is -0.394 e. The normalized spacial score (nSPS) is 25.6. The average Bonchev–Trinajstić information content (AvgIpc) is 3.28. The summed E-state index contributed by atoms with van der Waals surface area (Å²) < 4.78 is 43.1. The number of rotatable bonds is 2. The van der Waals surface area contributed by atoms with Gasteiger partial charge in [-0.05, 0) is 4.98 Å². The molecule has 0 unspecified atom stereocenters. The summed E-state index contributed by atoms with van der Waals surface area (Å²) in [5, 5.41) is 29.7. The molecule has 0 amide bonds. The number of aliphatic imine (C=N–C) groups is 2. The van der Waals surface area contributed by atoms with Crippen molar-refractivity contribution in [2.75, 3.05) is 6.61 Å². The lowest BCUT2D eigenvalue weighted by molar-refractivity contribution is -2.00. The summed E-state index contributed by atoms with van der Waals surface area (Å²) in [5.41, 5.74) is 1.52. The molecule has 0 aromatic carbocycles. The predicted molar refractivity (Wildman–Crippen MR) is 95.3 cm³/mol. The summed E-state index contributed by atoms with van der Waals surface area (Å²) in [4.78, 5) is 20.0. The third kappa shape index (κ3) is 4.58. The summed E-state index contributed by atoms with van der Waals surface area (Å²) in [6, 6.07) is 0. The van der Waals surface area contributed by atoms with Crippen LogP contribution < -0.4 is 23.2 Å². The number of fused-ring (bicyclic) bond motifs is 4. The van der Waals surface area contributed by atoms with E-state index >= 15 is 0 Å². The number of hydrogen-bond acceptors (Lipinski definition) is 13. The molecule has 178 valence electrons. The Balaban J connectivity index is 0.000000471. The number of nitrogens with zero attached hydrogens (tertiary/aromatic N) is 7. The maximum absolute atomic E-state index is 10.3. The standard InChI is InChI=1S/C17H20N7O4.ClHO4/c1-8-20-14-9(3-22(8)2)4-23-6-19-15-11(16(23)21-14)18-7-24(15)17-13(27)12(26)10(5-25)28-17;2-1(3,4)5/h3,6-7,10,12-13,17,25-27H,4-5H2,1-2H3;(H,2,3,4,5)/q+1;/p-1/t10-,12-,13-,17-;/m1./s1. The number of aryl methyl sites for hydroxylation is 2. The average molecular weight is 486 g/mol. The van der Waals surface area contributed by atoms with Crippen molar-refractivity contribution in [3.05, 3.63) is 29.6 Å². The number of imidazole rings is 1. The number of aliphatic hydroxyl groups excluding tert-OH is 3. The van der Waals surface area contributed by atoms with Gasteiger partial charge in [-0.3, -0.25) is 4.57 Å². The maximum Gasteiger partial charge on any atom is 0.297 e. The molecule has 33 heavy (non-hydrogen) atoms. The fourth-order valence-electron chi connectivity index (χ4n) is 3.67. The van der Waals surface area contributed by atoms with Gasteiger partial charge in [0, 0.05) is 6.92 Å². The third-order valence-corrected chi connectivity index (χ3v) is 5.33. The lowest BCUT2D eigenvalue weighted by Gasteiger charge is -2.27. The summed E-state index contributed by atoms with van der Waals surface area (Å²) in [7, 11) is -3.01. The minimum absolute atomic E-state index is 0.394. The van der Waals surface area contributed by atoms with E-state index in [9.17, 15) is 15.3 Å². The van der Waals surface area contributed by atoms with Gasteiger partial charge in [-0.1, -0.05) is 0 Å². The van der Waals surface area contributed by atoms with Crippen LogP contribution in [0.15, 0.2) is 22.5 Å². The van der Waals surface area contributed by atoms with Crippen LogP contribution in [0, 0.1) is 17.2 Å². The van der Waals surface area contributed by atoms with E-state index in [1.54, 1.807) is 10.9 Å². The van der Waals surface area contributed by atoms with E-state index in [2.05, 4.69) is 20.0 Å². The first-order valence-electron chi connectivity index (χ1n) is 9.55. The van der Waals surface area contributed by atoms with Gasteiger partial charge in [0.15, 0.2) is 23.6 Å². The van der Waals surface area contributed by atoms with Gasteiger partial charge in [0.2, 0.25) is 0 Å². The van der Waals surface area contributed by atoms with Gasteiger partial charge in [-0.2, -0.15) is 4.99 Å². The van der Waals surface area contributed by atoms with Gasteiger partial charge in [-0.25, -0.2) is 33.2 Å². The molecule has 0 saturated carbocycles. The Morgan fingerprint density at radius 1 is 1.24 bits per heavy atom. The van der Waals surface area contributed by atoms with Crippen LogP contribution in [0.1, 0.15) is 23.3 Å². The van der Waals surface area contributed by atoms with Gasteiger partial charge < -0.3 is 25.0 Å². The SMILES string of the molecule is Cc1nc2c(c[n+]1C)CN1C=Nc3c(ncn3[C@@H]3O[C@H](CO)[C@@H](O)[C@H]3O)C1=N2.[O-][Cl+3]([O-])([O-])[O-]. The fourth-order valence-corrected chi connectivity index (χ4v) is 3.67. The minimum atomic E-state index is -4.94. The molecule has 0 spiro atoms. The highest BCUT2D eigenvalue weighted by atomic mass is 35.7. The number of ether oxygens (including phenoxy) is 1. The highest BCUT2D eigenvalue weighted by Crippen LogP contribution is 2.36. The summed E-state index contributed by atoms with van der Waals surface area (Å²) in [5.74, 6) is 2.57. The molecule has 16 heteroatoms. The highest BCUT2D eigenvalue weighted by molar-refractivity contribution is 6.10. The van der Waals surface area contributed by atoms with Crippen LogP contribution in [0.3, 0.4) is 0 Å². The van der Waals surface area contributed by atoms with Gasteiger partial charge in [0.1, 0.15) is 24.5 Å². The van der Waals surface area contributed by atoms with Gasteiger partial charge in [-0.15, -0.1) is 10.2 Å². The van der Waals surface area contributed by atoms with Crippen LogP contribution in [0.4, 0.5) is 11.6 Å². The Hall–Kier alpha value is -2.60. The lowest BCUT2D eigenvalue weighted by Crippen LogP contribution is -2.68. The zero-order valence-corrected chi connectivity index (χ0v) is 18.1. The zero-order chi connectivity index (χ0) is 24.1. The second-order valence-electron chi connectivity index (χ2n) is 7.49. The number of aliphatic hydroxyl groups is 3. The van der Waals surface area contributed by atoms with E-state index in [-0.39, 0.29) is 0 Å². The summed E-state index contributed by atoms with van der Waals surface area (Å²) >= 11 is 0. The van der Waals surface area contributed by atoms with Crippen LogP contribution in [0.2, 0.25) is 0 Å². The number of aromatic nitrogens is 4. The molecular weight excluding hydrogens is 466 g/mol. The Kier molecular flexibility index (Phi) is 6.16. The number of hydrogen-bond donors (Lipinski definition) is 3. The molecule has 0 radical (unpaired) electrons. The third-order valence-electron chi connectivity index (χ3n) is 5.33. The largest absolute Gasteiger partial charge is 0.394 e. The van der Waals surface area contributed by atoms with Crippen LogP contribution in [0.25, 0.3) is 0 Å². The Bertz CT molecular complexity index is 1110. The fraction of sp³-hybridized carbons (Fsp3) is 0.471. The monoisotopic (exact) mass is 485 g/mol. The van der Waals surface area contributed by atoms with Crippen molar-refractivity contribution < 1.29 is 53.5 Å². The molecular formula is C17H20ClN7O8. The Morgan fingerprint density at radius 3 is 2.58 bits per heavy atom. The first-order chi connectivity index (χ1) is 15.5. The maximum atomic E-state index is 10.3. The van der Waals surface area contributed by atoms with Crippen molar-refractivity contribution in [3.8, 4) is 0 Å². The van der Waals surface area contributed by atoms with Crippen molar-refractivity contribution in [1.82, 2.24) is 19.4 Å². The number of halogens is 1. The molecule has 3 aliphatic rings. The van der Waals surface area contributed by atoms with Gasteiger partial charge >= 0.3 is 0 Å². The Labute approximate surface area is 188 Å². The molecule has 2 aromatic heterocycles. The van der Waals surface area contributed by atoms with Crippen LogP contribution in [0.5, 0.6) is 0 Å². The van der Waals surface area contributed by atoms with Crippen molar-refractivity contribution >= 4 is 23.8 Å². The second kappa shape index (κ2) is 8.64. The summed E-state index contributed by atoms with van der Waals surface area (Å²) in [6.45, 7) is 2.09. The van der Waals surface area contributed by atoms with Crippen molar-refractivity contribution in [3.63, 3.8) is 0 Å². The van der Waals surface area contributed by atoms with E-state index in [0.717, 1.165) is 11.4 Å². The lowest BCUT2D eigenvalue weighted by atomic mass is 10.1. The molecule has 1 saturated heterocycles. The van der Waals surface area contributed by atoms with E-state index in [0.29, 0.717) is 29.7 Å². The molecule has 0 aliphatic carbocycles. The molecule has 15 nitrogen and oxygen atoms in total. The molecule has 3 aliphatic heterocycles. The predicted octanol–water partition coefficient (Wildman–Crippen LogP) is -6.17. The first-order valence-corrected chi connectivity index (χ1v) is 10.8. The quantitative estimate of drug-likeness (QED) is 0.339. The second-order valence-corrected chi connectivity index (χ2v) is 8.24. The molecule has 0 bridgehead atoms. The zero-order valence-electron chi connectivity index (χ0n) is 17.3. The molecule has 1 fully saturated rings. The first kappa shape index (κ1) is 23.6. The van der Waals surface area contributed by atoms with Crippen LogP contribution in [-0.2, 0) is 18.3 Å². The van der Waals surface area contributed by atoms with Crippen molar-refractivity contribution in [2.45, 2.75) is 38.0 Å². The van der Waals surface area contributed by atoms with Crippen molar-refractivity contribution in [2.24, 2.45) is 17.0 Å². The van der Waals surface area contributed by atoms with Crippen LogP contribution >= 0.6 is 0 Å². The topological polar surface area (TPSA) is 225 Å².